The predicted octanol–water partition coefficient (Wildman–Crippen LogP) is 1.13. The summed E-state index contributed by atoms with van der Waals surface area (Å²) in [6.07, 6.45) is 4.46. The first-order chi connectivity index (χ1) is 16.2. The van der Waals surface area contributed by atoms with Gasteiger partial charge >= 0.3 is 12.0 Å². The minimum Gasteiger partial charge on any atom is -0.477 e. The molecule has 3 unspecified atom stereocenters. The molecule has 2 aromatic rings. The molecular formula is C22H27N5O6S. The van der Waals surface area contributed by atoms with E-state index in [4.69, 9.17) is 9.84 Å². The van der Waals surface area contributed by atoms with Crippen molar-refractivity contribution in [1.29, 1.82) is 0 Å². The zero-order chi connectivity index (χ0) is 24.2. The number of aryl methyl sites for hydroxylation is 2. The van der Waals surface area contributed by atoms with Crippen LogP contribution in [0.25, 0.3) is 0 Å². The van der Waals surface area contributed by atoms with Crippen LogP contribution in [0.5, 0.6) is 0 Å². The van der Waals surface area contributed by atoms with E-state index in [0.29, 0.717) is 18.3 Å². The molecule has 0 spiro atoms. The Morgan fingerprint density at radius 3 is 2.65 bits per heavy atom. The van der Waals surface area contributed by atoms with Crippen LogP contribution in [0.1, 0.15) is 51.5 Å². The number of carboxylic acids is 1. The lowest BCUT2D eigenvalue weighted by atomic mass is 9.86. The average Bonchev–Trinajstić information content (AvgIpc) is 3.46. The number of hydrogen-bond donors (Lipinski definition) is 4. The van der Waals surface area contributed by atoms with Gasteiger partial charge in [0.25, 0.3) is 10.0 Å². The molecule has 1 saturated heterocycles. The summed E-state index contributed by atoms with van der Waals surface area (Å²) in [7, 11) is -1.11. The number of ether oxygens (including phenoxy) is 1. The molecule has 5 rings (SSSR count). The molecular weight excluding hydrogens is 462 g/mol. The molecule has 1 aromatic carbocycles. The van der Waals surface area contributed by atoms with Gasteiger partial charge in [0.1, 0.15) is 5.69 Å². The number of anilines is 1. The van der Waals surface area contributed by atoms with Crippen LogP contribution in [0.15, 0.2) is 17.2 Å². The summed E-state index contributed by atoms with van der Waals surface area (Å²) in [4.78, 5) is 24.0. The van der Waals surface area contributed by atoms with Crippen molar-refractivity contribution in [1.82, 2.24) is 19.8 Å². The first-order valence-electron chi connectivity index (χ1n) is 11.3. The number of aromatic carboxylic acids is 1. The fourth-order valence-electron chi connectivity index (χ4n) is 5.39. The Kier molecular flexibility index (Phi) is 5.61. The lowest BCUT2D eigenvalue weighted by Crippen LogP contribution is -2.55. The van der Waals surface area contributed by atoms with Gasteiger partial charge in [0.05, 0.1) is 18.8 Å². The van der Waals surface area contributed by atoms with Gasteiger partial charge in [0, 0.05) is 24.7 Å². The van der Waals surface area contributed by atoms with Crippen LogP contribution in [0.2, 0.25) is 0 Å². The van der Waals surface area contributed by atoms with Crippen molar-refractivity contribution < 1.29 is 27.9 Å². The van der Waals surface area contributed by atoms with Crippen molar-refractivity contribution in [2.45, 2.75) is 55.2 Å². The number of aromatic nitrogens is 2. The molecule has 34 heavy (non-hydrogen) atoms. The molecule has 2 amide bonds. The monoisotopic (exact) mass is 489 g/mol. The number of amides is 2. The fraction of sp³-hybridized carbons (Fsp3) is 0.500. The van der Waals surface area contributed by atoms with Crippen LogP contribution in [0, 0.1) is 0 Å². The first kappa shape index (κ1) is 22.8. The molecule has 3 atom stereocenters. The van der Waals surface area contributed by atoms with Gasteiger partial charge in [-0.1, -0.05) is 6.07 Å². The largest absolute Gasteiger partial charge is 0.477 e. The fourth-order valence-corrected chi connectivity index (χ4v) is 6.29. The van der Waals surface area contributed by atoms with Crippen LogP contribution in [-0.2, 0) is 41.1 Å². The molecule has 2 heterocycles. The summed E-state index contributed by atoms with van der Waals surface area (Å²) in [5.41, 5.74) is 4.82. The van der Waals surface area contributed by atoms with Crippen molar-refractivity contribution in [3.8, 4) is 0 Å². The second kappa shape index (κ2) is 8.36. The third kappa shape index (κ3) is 3.75. The molecule has 4 N–H and O–H groups in total. The van der Waals surface area contributed by atoms with Crippen molar-refractivity contribution in [3.05, 3.63) is 40.1 Å². The number of fused-ring (bicyclic) bond motifs is 2. The highest BCUT2D eigenvalue weighted by molar-refractivity contribution is 7.90. The van der Waals surface area contributed by atoms with Gasteiger partial charge in [-0.25, -0.2) is 14.3 Å². The second-order valence-electron chi connectivity index (χ2n) is 9.01. The van der Waals surface area contributed by atoms with Gasteiger partial charge in [-0.3, -0.25) is 4.68 Å². The molecule has 182 valence electrons. The zero-order valence-electron chi connectivity index (χ0n) is 18.9. The minimum absolute atomic E-state index is 0.0837. The lowest BCUT2D eigenvalue weighted by Gasteiger charge is -2.41. The Morgan fingerprint density at radius 1 is 1.21 bits per heavy atom. The summed E-state index contributed by atoms with van der Waals surface area (Å²) in [6.45, 7) is 0.681. The number of carbonyl (C=O) groups excluding carboxylic acids is 1. The standard InChI is InChI=1S/C22H27N5O6S/c1-23-16-10-33-20(16)14-7-6-13-15(14)8-11-4-3-5-12(11)19(13)24-22(30)26-34(31,32)18-9-17(21(28)29)27(2)25-18/h8-9,14,16,20,23H,3-7,10H2,1-2H3,(H,28,29)(H2,24,26,30). The Morgan fingerprint density at radius 2 is 2.00 bits per heavy atom. The molecule has 0 radical (unpaired) electrons. The number of benzene rings is 1. The molecule has 1 aromatic heterocycles. The van der Waals surface area contributed by atoms with E-state index in [2.05, 4.69) is 21.8 Å². The molecule has 0 saturated carbocycles. The maximum Gasteiger partial charge on any atom is 0.354 e. The second-order valence-corrected chi connectivity index (χ2v) is 10.6. The van der Waals surface area contributed by atoms with E-state index in [9.17, 15) is 18.0 Å². The maximum atomic E-state index is 12.8. The number of hydrogen-bond acceptors (Lipinski definition) is 7. The highest BCUT2D eigenvalue weighted by atomic mass is 32.2. The van der Waals surface area contributed by atoms with E-state index in [0.717, 1.165) is 54.0 Å². The topological polar surface area (TPSA) is 152 Å². The van der Waals surface area contributed by atoms with Gasteiger partial charge < -0.3 is 20.5 Å². The average molecular weight is 490 g/mol. The first-order valence-corrected chi connectivity index (χ1v) is 12.8. The van der Waals surface area contributed by atoms with E-state index < -0.39 is 27.0 Å². The molecule has 11 nitrogen and oxygen atoms in total. The van der Waals surface area contributed by atoms with E-state index in [1.54, 1.807) is 0 Å². The molecule has 12 heteroatoms. The maximum absolute atomic E-state index is 12.8. The summed E-state index contributed by atoms with van der Waals surface area (Å²) in [5, 5.41) is 18.4. The highest BCUT2D eigenvalue weighted by Gasteiger charge is 2.42. The predicted molar refractivity (Wildman–Crippen MR) is 122 cm³/mol. The number of urea groups is 1. The Balaban J connectivity index is 1.41. The van der Waals surface area contributed by atoms with Gasteiger partial charge in [-0.05, 0) is 61.4 Å². The van der Waals surface area contributed by atoms with Crippen LogP contribution in [0.3, 0.4) is 0 Å². The Hall–Kier alpha value is -2.96. The number of nitrogens with zero attached hydrogens (tertiary/aromatic N) is 2. The van der Waals surface area contributed by atoms with Crippen molar-refractivity contribution in [2.24, 2.45) is 7.05 Å². The third-order valence-electron chi connectivity index (χ3n) is 7.10. The number of sulfonamides is 1. The van der Waals surface area contributed by atoms with Gasteiger partial charge in [0.15, 0.2) is 5.03 Å². The van der Waals surface area contributed by atoms with Gasteiger partial charge in [-0.2, -0.15) is 13.5 Å². The van der Waals surface area contributed by atoms with Crippen molar-refractivity contribution >= 4 is 27.7 Å². The minimum atomic E-state index is -4.36. The number of carboxylic acid groups (broad SMARTS) is 1. The van der Waals surface area contributed by atoms with Crippen LogP contribution in [0.4, 0.5) is 10.5 Å². The Bertz CT molecular complexity index is 1290. The molecule has 3 aliphatic rings. The van der Waals surface area contributed by atoms with Gasteiger partial charge in [0.2, 0.25) is 0 Å². The normalized spacial score (nSPS) is 23.2. The molecule has 0 bridgehead atoms. The van der Waals surface area contributed by atoms with E-state index in [1.165, 1.54) is 18.2 Å². The van der Waals surface area contributed by atoms with E-state index in [-0.39, 0.29) is 17.7 Å². The Labute approximate surface area is 196 Å². The van der Waals surface area contributed by atoms with Crippen molar-refractivity contribution in [2.75, 3.05) is 19.0 Å². The van der Waals surface area contributed by atoms with Crippen LogP contribution < -0.4 is 15.4 Å². The lowest BCUT2D eigenvalue weighted by molar-refractivity contribution is -0.0982. The SMILES string of the molecule is CNC1COC1C1CCc2c1cc1c(c2NC(=O)NS(=O)(=O)c2cc(C(=O)O)n(C)n2)CCC1. The quantitative estimate of drug-likeness (QED) is 0.471. The number of likely N-dealkylation sites (N-methyl/N-ethyl adjacent to an activating group) is 1. The van der Waals surface area contributed by atoms with Crippen molar-refractivity contribution in [3.63, 3.8) is 0 Å². The van der Waals surface area contributed by atoms with E-state index >= 15 is 0 Å². The highest BCUT2D eigenvalue weighted by Crippen LogP contribution is 2.46. The molecule has 1 fully saturated rings. The number of rotatable bonds is 6. The number of nitrogens with one attached hydrogen (secondary N) is 3. The molecule has 2 aliphatic carbocycles. The van der Waals surface area contributed by atoms with Crippen LogP contribution in [-0.4, -0.2) is 61.1 Å². The van der Waals surface area contributed by atoms with Crippen LogP contribution >= 0.6 is 0 Å². The summed E-state index contributed by atoms with van der Waals surface area (Å²) in [6, 6.07) is 2.55. The summed E-state index contributed by atoms with van der Waals surface area (Å²) >= 11 is 0. The van der Waals surface area contributed by atoms with Gasteiger partial charge in [-0.15, -0.1) is 0 Å². The smallest absolute Gasteiger partial charge is 0.354 e. The zero-order valence-corrected chi connectivity index (χ0v) is 19.7. The third-order valence-corrected chi connectivity index (χ3v) is 8.30. The summed E-state index contributed by atoms with van der Waals surface area (Å²) < 4.78 is 34.1. The molecule has 1 aliphatic heterocycles. The number of carbonyl (C=O) groups is 2. The van der Waals surface area contributed by atoms with E-state index in [1.807, 2.05) is 11.8 Å². The summed E-state index contributed by atoms with van der Waals surface area (Å²) in [5.74, 6) is -1.09.